The molecular formula is C19H30FIN4O2. The van der Waals surface area contributed by atoms with Crippen molar-refractivity contribution in [2.75, 3.05) is 26.2 Å². The monoisotopic (exact) mass is 492 g/mol. The maximum Gasteiger partial charge on any atom is 0.222 e. The number of nitrogens with two attached hydrogens (primary N) is 1. The number of carbonyl (C=O) groups excluding carboxylic acids is 1. The van der Waals surface area contributed by atoms with Crippen LogP contribution >= 0.6 is 24.0 Å². The van der Waals surface area contributed by atoms with Gasteiger partial charge in [0.05, 0.1) is 18.1 Å². The van der Waals surface area contributed by atoms with Crippen molar-refractivity contribution in [3.05, 3.63) is 35.6 Å². The number of halogens is 2. The number of hydrogen-bond acceptors (Lipinski definition) is 3. The summed E-state index contributed by atoms with van der Waals surface area (Å²) in [7, 11) is 0. The first-order valence-electron chi connectivity index (χ1n) is 9.12. The summed E-state index contributed by atoms with van der Waals surface area (Å²) < 4.78 is 18.8. The number of aliphatic imine (C=N–C) groups is 1. The molecule has 4 N–H and O–H groups in total. The van der Waals surface area contributed by atoms with E-state index in [1.165, 1.54) is 12.1 Å². The Balaban J connectivity index is 0.00000364. The number of ether oxygens (including phenoxy) is 1. The second kappa shape index (κ2) is 11.4. The fraction of sp³-hybridized carbons (Fsp3) is 0.579. The smallest absolute Gasteiger partial charge is 0.222 e. The Morgan fingerprint density at radius 2 is 2.07 bits per heavy atom. The molecule has 1 heterocycles. The van der Waals surface area contributed by atoms with Crippen molar-refractivity contribution in [2.45, 2.75) is 38.7 Å². The molecule has 1 aliphatic heterocycles. The Hall–Kier alpha value is -1.42. The Labute approximate surface area is 177 Å². The molecule has 0 saturated carbocycles. The molecule has 0 spiro atoms. The number of guanidine groups is 1. The summed E-state index contributed by atoms with van der Waals surface area (Å²) in [5.41, 5.74) is 6.18. The number of nitrogens with zero attached hydrogens (tertiary/aromatic N) is 1. The third kappa shape index (κ3) is 8.00. The van der Waals surface area contributed by atoms with Gasteiger partial charge in [0, 0.05) is 19.7 Å². The Bertz CT molecular complexity index is 619. The molecule has 27 heavy (non-hydrogen) atoms. The zero-order valence-electron chi connectivity index (χ0n) is 16.0. The third-order valence-electron chi connectivity index (χ3n) is 4.53. The first-order valence-corrected chi connectivity index (χ1v) is 9.12. The lowest BCUT2D eigenvalue weighted by Crippen LogP contribution is -2.44. The van der Waals surface area contributed by atoms with E-state index in [1.54, 1.807) is 12.1 Å². The molecule has 6 nitrogen and oxygen atoms in total. The number of rotatable bonds is 8. The fourth-order valence-corrected chi connectivity index (χ4v) is 2.95. The van der Waals surface area contributed by atoms with Crippen LogP contribution in [0.1, 0.15) is 32.3 Å². The maximum absolute atomic E-state index is 13.0. The highest BCUT2D eigenvalue weighted by molar-refractivity contribution is 14.0. The Kier molecular flexibility index (Phi) is 10.00. The van der Waals surface area contributed by atoms with Crippen LogP contribution in [-0.2, 0) is 16.0 Å². The zero-order chi connectivity index (χ0) is 19.0. The van der Waals surface area contributed by atoms with Gasteiger partial charge in [-0.2, -0.15) is 0 Å². The van der Waals surface area contributed by atoms with Crippen LogP contribution in [0.3, 0.4) is 0 Å². The molecule has 8 heteroatoms. The first kappa shape index (κ1) is 23.6. The maximum atomic E-state index is 13.0. The van der Waals surface area contributed by atoms with E-state index in [-0.39, 0.29) is 35.4 Å². The Morgan fingerprint density at radius 3 is 2.63 bits per heavy atom. The molecule has 2 atom stereocenters. The van der Waals surface area contributed by atoms with Gasteiger partial charge in [0.2, 0.25) is 5.91 Å². The second-order valence-corrected chi connectivity index (χ2v) is 6.91. The lowest BCUT2D eigenvalue weighted by molar-refractivity contribution is -0.121. The average Bonchev–Trinajstić information content (AvgIpc) is 3.04. The number of benzene rings is 1. The molecular weight excluding hydrogens is 462 g/mol. The predicted molar refractivity (Wildman–Crippen MR) is 116 cm³/mol. The zero-order valence-corrected chi connectivity index (χ0v) is 18.3. The van der Waals surface area contributed by atoms with Crippen molar-refractivity contribution >= 4 is 35.8 Å². The van der Waals surface area contributed by atoms with E-state index in [2.05, 4.69) is 22.5 Å². The van der Waals surface area contributed by atoms with E-state index in [0.717, 1.165) is 25.0 Å². The van der Waals surface area contributed by atoms with Gasteiger partial charge in [-0.1, -0.05) is 12.1 Å². The molecule has 1 aromatic carbocycles. The standard InChI is InChI=1S/C19H29FN4O2.HI/c1-3-22-18(24-13-19(2)9-4-10-26-19)23-12-15(17(21)25)11-14-5-7-16(20)8-6-14;/h5-8,15H,3-4,9-13H2,1-2H3,(H2,21,25)(H2,22,23,24);1H. The van der Waals surface area contributed by atoms with Gasteiger partial charge in [0.25, 0.3) is 0 Å². The highest BCUT2D eigenvalue weighted by Gasteiger charge is 2.29. The van der Waals surface area contributed by atoms with Crippen LogP contribution in [0.2, 0.25) is 0 Å². The minimum atomic E-state index is -0.414. The molecule has 152 valence electrons. The van der Waals surface area contributed by atoms with Crippen LogP contribution in [0.5, 0.6) is 0 Å². The number of hydrogen-bond donors (Lipinski definition) is 3. The number of nitrogens with one attached hydrogen (secondary N) is 2. The van der Waals surface area contributed by atoms with Gasteiger partial charge in [-0.25, -0.2) is 4.39 Å². The van der Waals surface area contributed by atoms with Crippen molar-refractivity contribution in [3.8, 4) is 0 Å². The van der Waals surface area contributed by atoms with Gasteiger partial charge in [-0.3, -0.25) is 9.79 Å². The summed E-state index contributed by atoms with van der Waals surface area (Å²) in [5.74, 6) is -0.479. The second-order valence-electron chi connectivity index (χ2n) is 6.91. The van der Waals surface area contributed by atoms with Crippen LogP contribution in [0, 0.1) is 11.7 Å². The van der Waals surface area contributed by atoms with Crippen LogP contribution < -0.4 is 16.4 Å². The topological polar surface area (TPSA) is 88.7 Å². The SMILES string of the molecule is CCNC(=NCC1(C)CCCO1)NCC(Cc1ccc(F)cc1)C(N)=O.I. The van der Waals surface area contributed by atoms with Gasteiger partial charge in [0.15, 0.2) is 5.96 Å². The summed E-state index contributed by atoms with van der Waals surface area (Å²) in [4.78, 5) is 16.4. The summed E-state index contributed by atoms with van der Waals surface area (Å²) in [6, 6.07) is 6.11. The van der Waals surface area contributed by atoms with Crippen molar-refractivity contribution < 1.29 is 13.9 Å². The molecule has 2 rings (SSSR count). The van der Waals surface area contributed by atoms with Crippen LogP contribution in [-0.4, -0.2) is 43.7 Å². The van der Waals surface area contributed by atoms with Crippen molar-refractivity contribution in [1.29, 1.82) is 0 Å². The molecule has 0 radical (unpaired) electrons. The predicted octanol–water partition coefficient (Wildman–Crippen LogP) is 2.21. The molecule has 1 aliphatic rings. The largest absolute Gasteiger partial charge is 0.373 e. The van der Waals surface area contributed by atoms with E-state index in [4.69, 9.17) is 10.5 Å². The minimum absolute atomic E-state index is 0. The highest BCUT2D eigenvalue weighted by atomic mass is 127. The molecule has 0 bridgehead atoms. The molecule has 1 amide bonds. The van der Waals surface area contributed by atoms with Gasteiger partial charge in [-0.15, -0.1) is 24.0 Å². The van der Waals surface area contributed by atoms with Gasteiger partial charge in [-0.05, 0) is 50.8 Å². The van der Waals surface area contributed by atoms with Gasteiger partial charge < -0.3 is 21.1 Å². The normalized spacial score (nSPS) is 20.6. The summed E-state index contributed by atoms with van der Waals surface area (Å²) in [5, 5.41) is 6.35. The highest BCUT2D eigenvalue weighted by Crippen LogP contribution is 2.25. The first-order chi connectivity index (χ1) is 12.4. The van der Waals surface area contributed by atoms with Crippen LogP contribution in [0.4, 0.5) is 4.39 Å². The van der Waals surface area contributed by atoms with Gasteiger partial charge in [0.1, 0.15) is 5.82 Å². The molecule has 1 saturated heterocycles. The van der Waals surface area contributed by atoms with Crippen molar-refractivity contribution in [2.24, 2.45) is 16.6 Å². The van der Waals surface area contributed by atoms with E-state index >= 15 is 0 Å². The lowest BCUT2D eigenvalue weighted by atomic mass is 9.98. The number of amides is 1. The van der Waals surface area contributed by atoms with Gasteiger partial charge >= 0.3 is 0 Å². The minimum Gasteiger partial charge on any atom is -0.373 e. The fourth-order valence-electron chi connectivity index (χ4n) is 2.95. The van der Waals surface area contributed by atoms with Crippen molar-refractivity contribution in [1.82, 2.24) is 10.6 Å². The van der Waals surface area contributed by atoms with E-state index in [1.807, 2.05) is 6.92 Å². The lowest BCUT2D eigenvalue weighted by Gasteiger charge is -2.22. The average molecular weight is 492 g/mol. The summed E-state index contributed by atoms with van der Waals surface area (Å²) >= 11 is 0. The van der Waals surface area contributed by atoms with Crippen LogP contribution in [0.25, 0.3) is 0 Å². The summed E-state index contributed by atoms with van der Waals surface area (Å²) in [6.45, 7) is 6.44. The quantitative estimate of drug-likeness (QED) is 0.295. The molecule has 0 aromatic heterocycles. The molecule has 2 unspecified atom stereocenters. The number of carbonyl (C=O) groups is 1. The third-order valence-corrected chi connectivity index (χ3v) is 4.53. The van der Waals surface area contributed by atoms with E-state index in [0.29, 0.717) is 32.0 Å². The molecule has 1 fully saturated rings. The van der Waals surface area contributed by atoms with Crippen LogP contribution in [0.15, 0.2) is 29.3 Å². The molecule has 1 aromatic rings. The van der Waals surface area contributed by atoms with Crippen molar-refractivity contribution in [3.63, 3.8) is 0 Å². The Morgan fingerprint density at radius 1 is 1.37 bits per heavy atom. The molecule has 0 aliphatic carbocycles. The van der Waals surface area contributed by atoms with E-state index < -0.39 is 11.8 Å². The summed E-state index contributed by atoms with van der Waals surface area (Å²) in [6.07, 6.45) is 2.49. The van der Waals surface area contributed by atoms with E-state index in [9.17, 15) is 9.18 Å². The number of primary amides is 1.